The molecule has 5 nitrogen and oxygen atoms in total. The van der Waals surface area contributed by atoms with Gasteiger partial charge >= 0.3 is 6.09 Å². The standard InChI is InChI=1S/C20H22N2O3S/c1-14-17(15-7-4-3-5-8-15)16(11-26-14)18(23)22-10-6-9-20(13-22)12-21(2)19(24)25-20/h3-5,7-8,11H,6,9-10,12-13H2,1-2H3/t20-/m0/s1. The minimum atomic E-state index is -0.558. The molecule has 1 spiro atoms. The molecule has 1 aromatic heterocycles. The lowest BCUT2D eigenvalue weighted by Gasteiger charge is -2.38. The summed E-state index contributed by atoms with van der Waals surface area (Å²) in [6.07, 6.45) is 1.35. The van der Waals surface area contributed by atoms with Crippen LogP contribution >= 0.6 is 11.3 Å². The number of amides is 2. The average molecular weight is 370 g/mol. The number of nitrogens with zero attached hydrogens (tertiary/aromatic N) is 2. The summed E-state index contributed by atoms with van der Waals surface area (Å²) in [5.41, 5.74) is 2.26. The van der Waals surface area contributed by atoms with Gasteiger partial charge in [-0.1, -0.05) is 30.3 Å². The van der Waals surface area contributed by atoms with Crippen LogP contribution in [-0.2, 0) is 4.74 Å². The highest BCUT2D eigenvalue weighted by Gasteiger charge is 2.47. The number of likely N-dealkylation sites (tertiary alicyclic amines) is 1. The number of thiophene rings is 1. The summed E-state index contributed by atoms with van der Waals surface area (Å²) in [5.74, 6) is 0.0258. The van der Waals surface area contributed by atoms with Crippen LogP contribution in [0, 0.1) is 6.92 Å². The van der Waals surface area contributed by atoms with E-state index in [0.717, 1.165) is 34.4 Å². The van der Waals surface area contributed by atoms with Crippen LogP contribution in [0.5, 0.6) is 0 Å². The van der Waals surface area contributed by atoms with Crippen LogP contribution in [0.2, 0.25) is 0 Å². The lowest BCUT2D eigenvalue weighted by Crippen LogP contribution is -2.52. The second-order valence-corrected chi connectivity index (χ2v) is 8.27. The van der Waals surface area contributed by atoms with E-state index in [9.17, 15) is 9.59 Å². The molecule has 1 atom stereocenters. The monoisotopic (exact) mass is 370 g/mol. The molecular formula is C20H22N2O3S. The molecule has 136 valence electrons. The van der Waals surface area contributed by atoms with Crippen molar-refractivity contribution in [3.05, 3.63) is 46.2 Å². The van der Waals surface area contributed by atoms with E-state index in [2.05, 4.69) is 6.92 Å². The molecule has 6 heteroatoms. The lowest BCUT2D eigenvalue weighted by atomic mass is 9.92. The Labute approximate surface area is 157 Å². The van der Waals surface area contributed by atoms with Gasteiger partial charge in [0.2, 0.25) is 0 Å². The summed E-state index contributed by atoms with van der Waals surface area (Å²) >= 11 is 1.60. The van der Waals surface area contributed by atoms with Crippen molar-refractivity contribution in [2.75, 3.05) is 26.7 Å². The lowest BCUT2D eigenvalue weighted by molar-refractivity contribution is -0.00516. The normalized spacial score (nSPS) is 22.8. The maximum Gasteiger partial charge on any atom is 0.410 e. The van der Waals surface area contributed by atoms with Crippen LogP contribution in [0.4, 0.5) is 4.79 Å². The minimum Gasteiger partial charge on any atom is -0.439 e. The van der Waals surface area contributed by atoms with Crippen LogP contribution in [0.3, 0.4) is 0 Å². The maximum absolute atomic E-state index is 13.3. The van der Waals surface area contributed by atoms with E-state index in [1.165, 1.54) is 0 Å². The van der Waals surface area contributed by atoms with Gasteiger partial charge in [0.1, 0.15) is 5.60 Å². The van der Waals surface area contributed by atoms with Crippen molar-refractivity contribution in [3.8, 4) is 11.1 Å². The van der Waals surface area contributed by atoms with Crippen LogP contribution in [-0.4, -0.2) is 54.1 Å². The van der Waals surface area contributed by atoms with Gasteiger partial charge in [-0.2, -0.15) is 0 Å². The number of hydrogen-bond donors (Lipinski definition) is 0. The number of benzene rings is 1. The van der Waals surface area contributed by atoms with Gasteiger partial charge in [-0.15, -0.1) is 11.3 Å². The zero-order valence-electron chi connectivity index (χ0n) is 15.0. The van der Waals surface area contributed by atoms with E-state index in [0.29, 0.717) is 19.6 Å². The molecule has 0 N–H and O–H groups in total. The smallest absolute Gasteiger partial charge is 0.410 e. The number of carbonyl (C=O) groups is 2. The fourth-order valence-corrected chi connectivity index (χ4v) is 4.88. The predicted molar refractivity (Wildman–Crippen MR) is 101 cm³/mol. The Bertz CT molecular complexity index is 848. The fraction of sp³-hybridized carbons (Fsp3) is 0.400. The van der Waals surface area contributed by atoms with Crippen molar-refractivity contribution in [2.45, 2.75) is 25.4 Å². The summed E-state index contributed by atoms with van der Waals surface area (Å²) in [4.78, 5) is 29.7. The van der Waals surface area contributed by atoms with Crippen molar-refractivity contribution in [3.63, 3.8) is 0 Å². The average Bonchev–Trinajstić information content (AvgIpc) is 3.15. The highest BCUT2D eigenvalue weighted by molar-refractivity contribution is 7.10. The van der Waals surface area contributed by atoms with E-state index >= 15 is 0 Å². The van der Waals surface area contributed by atoms with E-state index in [4.69, 9.17) is 4.74 Å². The van der Waals surface area contributed by atoms with E-state index in [1.54, 1.807) is 23.3 Å². The molecule has 1 aromatic carbocycles. The fourth-order valence-electron chi connectivity index (χ4n) is 4.02. The highest BCUT2D eigenvalue weighted by atomic mass is 32.1. The molecule has 2 aromatic rings. The van der Waals surface area contributed by atoms with E-state index in [1.807, 2.05) is 40.6 Å². The molecule has 0 unspecified atom stereocenters. The number of rotatable bonds is 2. The Morgan fingerprint density at radius 2 is 2.00 bits per heavy atom. The molecule has 0 saturated carbocycles. The molecular weight excluding hydrogens is 348 g/mol. The first-order chi connectivity index (χ1) is 12.5. The van der Waals surface area contributed by atoms with Gasteiger partial charge in [-0.25, -0.2) is 4.79 Å². The zero-order valence-corrected chi connectivity index (χ0v) is 15.8. The molecule has 2 aliphatic rings. The van der Waals surface area contributed by atoms with Crippen molar-refractivity contribution < 1.29 is 14.3 Å². The number of carbonyl (C=O) groups excluding carboxylic acids is 2. The quantitative estimate of drug-likeness (QED) is 0.808. The second kappa shape index (κ2) is 6.43. The molecule has 26 heavy (non-hydrogen) atoms. The Morgan fingerprint density at radius 3 is 2.69 bits per heavy atom. The predicted octanol–water partition coefficient (Wildman–Crippen LogP) is 3.78. The van der Waals surface area contributed by atoms with Gasteiger partial charge in [0.25, 0.3) is 5.91 Å². The van der Waals surface area contributed by atoms with Crippen LogP contribution < -0.4 is 0 Å². The number of hydrogen-bond acceptors (Lipinski definition) is 4. The first kappa shape index (κ1) is 17.1. The molecule has 0 bridgehead atoms. The Hall–Kier alpha value is -2.34. The Morgan fingerprint density at radius 1 is 1.23 bits per heavy atom. The molecule has 2 fully saturated rings. The summed E-state index contributed by atoms with van der Waals surface area (Å²) in [6.45, 7) is 3.76. The molecule has 2 aliphatic heterocycles. The topological polar surface area (TPSA) is 49.9 Å². The molecule has 3 heterocycles. The summed E-state index contributed by atoms with van der Waals surface area (Å²) in [7, 11) is 1.74. The number of aryl methyl sites for hydroxylation is 1. The third-order valence-corrected chi connectivity index (χ3v) is 6.15. The molecule has 4 rings (SSSR count). The number of ether oxygens (including phenoxy) is 1. The SMILES string of the molecule is Cc1scc(C(=O)N2CCC[C@]3(CN(C)C(=O)O3)C2)c1-c1ccccc1. The van der Waals surface area contributed by atoms with Crippen LogP contribution in [0.25, 0.3) is 11.1 Å². The van der Waals surface area contributed by atoms with Crippen molar-refractivity contribution in [2.24, 2.45) is 0 Å². The Kier molecular flexibility index (Phi) is 4.23. The maximum atomic E-state index is 13.3. The van der Waals surface area contributed by atoms with Crippen molar-refractivity contribution in [1.82, 2.24) is 9.80 Å². The third-order valence-electron chi connectivity index (χ3n) is 5.24. The molecule has 2 amide bonds. The van der Waals surface area contributed by atoms with E-state index < -0.39 is 5.60 Å². The van der Waals surface area contributed by atoms with Crippen LogP contribution in [0.1, 0.15) is 28.1 Å². The third kappa shape index (κ3) is 2.88. The van der Waals surface area contributed by atoms with E-state index in [-0.39, 0.29) is 12.0 Å². The van der Waals surface area contributed by atoms with Crippen molar-refractivity contribution >= 4 is 23.3 Å². The van der Waals surface area contributed by atoms with Gasteiger partial charge in [-0.05, 0) is 25.3 Å². The number of piperidine rings is 1. The van der Waals surface area contributed by atoms with Gasteiger partial charge < -0.3 is 14.5 Å². The Balaban J connectivity index is 1.62. The van der Waals surface area contributed by atoms with Crippen molar-refractivity contribution in [1.29, 1.82) is 0 Å². The minimum absolute atomic E-state index is 0.0258. The van der Waals surface area contributed by atoms with Gasteiger partial charge in [0.05, 0.1) is 18.7 Å². The van der Waals surface area contributed by atoms with Gasteiger partial charge in [-0.3, -0.25) is 4.79 Å². The zero-order chi connectivity index (χ0) is 18.3. The first-order valence-corrected chi connectivity index (χ1v) is 9.74. The molecule has 0 aliphatic carbocycles. The second-order valence-electron chi connectivity index (χ2n) is 7.18. The van der Waals surface area contributed by atoms with Gasteiger partial charge in [0, 0.05) is 29.4 Å². The highest BCUT2D eigenvalue weighted by Crippen LogP contribution is 2.36. The summed E-state index contributed by atoms with van der Waals surface area (Å²) in [6, 6.07) is 10.0. The largest absolute Gasteiger partial charge is 0.439 e. The molecule has 2 saturated heterocycles. The number of likely N-dealkylation sites (N-methyl/N-ethyl adjacent to an activating group) is 1. The molecule has 0 radical (unpaired) electrons. The summed E-state index contributed by atoms with van der Waals surface area (Å²) < 4.78 is 5.63. The van der Waals surface area contributed by atoms with Crippen LogP contribution in [0.15, 0.2) is 35.7 Å². The summed E-state index contributed by atoms with van der Waals surface area (Å²) in [5, 5.41) is 1.95. The van der Waals surface area contributed by atoms with Gasteiger partial charge in [0.15, 0.2) is 0 Å². The first-order valence-electron chi connectivity index (χ1n) is 8.86.